The van der Waals surface area contributed by atoms with Gasteiger partial charge in [-0.2, -0.15) is 0 Å². The molecule has 2 heterocycles. The third-order valence-corrected chi connectivity index (χ3v) is 7.39. The SMILES string of the molecule is C=C1CCC[C@@]2(C)C[C@H]3OC(=O)[C@@H](CNCCN4CCOCC4)[C@@H]3C[C@H]12. The van der Waals surface area contributed by atoms with Crippen LogP contribution in [0.5, 0.6) is 0 Å². The molecule has 2 aliphatic carbocycles. The zero-order chi connectivity index (χ0) is 18.1. The lowest BCUT2D eigenvalue weighted by atomic mass is 9.55. The molecule has 2 aliphatic heterocycles. The predicted molar refractivity (Wildman–Crippen MR) is 101 cm³/mol. The van der Waals surface area contributed by atoms with Crippen molar-refractivity contribution in [3.05, 3.63) is 12.2 Å². The fourth-order valence-electron chi connectivity index (χ4n) is 5.81. The lowest BCUT2D eigenvalue weighted by Crippen LogP contribution is -2.46. The number of ether oxygens (including phenoxy) is 2. The Balaban J connectivity index is 1.31. The van der Waals surface area contributed by atoms with Gasteiger partial charge in [-0.3, -0.25) is 9.69 Å². The van der Waals surface area contributed by atoms with Gasteiger partial charge in [0.15, 0.2) is 0 Å². The van der Waals surface area contributed by atoms with E-state index in [0.717, 1.165) is 65.2 Å². The number of carbonyl (C=O) groups is 1. The summed E-state index contributed by atoms with van der Waals surface area (Å²) in [5.74, 6) is 0.977. The number of morpholine rings is 1. The highest BCUT2D eigenvalue weighted by Gasteiger charge is 2.54. The molecule has 5 heteroatoms. The third-order valence-electron chi connectivity index (χ3n) is 7.39. The van der Waals surface area contributed by atoms with Crippen LogP contribution in [0.25, 0.3) is 0 Å². The zero-order valence-corrected chi connectivity index (χ0v) is 16.2. The highest BCUT2D eigenvalue weighted by Crippen LogP contribution is 2.56. The summed E-state index contributed by atoms with van der Waals surface area (Å²) in [5, 5.41) is 3.53. The monoisotopic (exact) mass is 362 g/mol. The van der Waals surface area contributed by atoms with Gasteiger partial charge in [-0.05, 0) is 43.4 Å². The number of rotatable bonds is 5. The Hall–Kier alpha value is -0.910. The van der Waals surface area contributed by atoms with E-state index in [1.165, 1.54) is 18.4 Å². The van der Waals surface area contributed by atoms with E-state index in [1.54, 1.807) is 0 Å². The first-order valence-electron chi connectivity index (χ1n) is 10.5. The molecule has 4 rings (SSSR count). The van der Waals surface area contributed by atoms with Crippen molar-refractivity contribution in [2.75, 3.05) is 45.9 Å². The minimum atomic E-state index is 0.0176. The molecule has 0 amide bonds. The molecular weight excluding hydrogens is 328 g/mol. The fourth-order valence-corrected chi connectivity index (χ4v) is 5.81. The van der Waals surface area contributed by atoms with Crippen molar-refractivity contribution in [1.82, 2.24) is 10.2 Å². The normalized spacial score (nSPS) is 40.8. The van der Waals surface area contributed by atoms with Crippen molar-refractivity contribution < 1.29 is 14.3 Å². The molecule has 26 heavy (non-hydrogen) atoms. The summed E-state index contributed by atoms with van der Waals surface area (Å²) in [7, 11) is 0. The van der Waals surface area contributed by atoms with Crippen LogP contribution < -0.4 is 5.32 Å². The summed E-state index contributed by atoms with van der Waals surface area (Å²) in [6.45, 7) is 13.2. The quantitative estimate of drug-likeness (QED) is 0.462. The average Bonchev–Trinajstić information content (AvgIpc) is 2.92. The lowest BCUT2D eigenvalue weighted by Gasteiger charge is -2.50. The van der Waals surface area contributed by atoms with Crippen molar-refractivity contribution in [1.29, 1.82) is 0 Å². The van der Waals surface area contributed by atoms with Crippen LogP contribution in [-0.2, 0) is 14.3 Å². The Labute approximate surface area is 157 Å². The topological polar surface area (TPSA) is 50.8 Å². The number of nitrogens with one attached hydrogen (secondary N) is 1. The van der Waals surface area contributed by atoms with E-state index in [-0.39, 0.29) is 23.4 Å². The smallest absolute Gasteiger partial charge is 0.310 e. The van der Waals surface area contributed by atoms with Gasteiger partial charge >= 0.3 is 5.97 Å². The van der Waals surface area contributed by atoms with Crippen LogP contribution in [0.2, 0.25) is 0 Å². The van der Waals surface area contributed by atoms with Crippen LogP contribution in [-0.4, -0.2) is 62.9 Å². The fraction of sp³-hybridized carbons (Fsp3) is 0.857. The number of hydrogen-bond acceptors (Lipinski definition) is 5. The molecule has 0 spiro atoms. The Kier molecular flexibility index (Phi) is 5.40. The summed E-state index contributed by atoms with van der Waals surface area (Å²) >= 11 is 0. The summed E-state index contributed by atoms with van der Waals surface area (Å²) < 4.78 is 11.2. The second-order valence-electron chi connectivity index (χ2n) is 9.06. The third kappa shape index (κ3) is 3.58. The van der Waals surface area contributed by atoms with Crippen LogP contribution in [0.15, 0.2) is 12.2 Å². The average molecular weight is 363 g/mol. The largest absolute Gasteiger partial charge is 0.462 e. The van der Waals surface area contributed by atoms with Gasteiger partial charge < -0.3 is 14.8 Å². The maximum absolute atomic E-state index is 12.5. The van der Waals surface area contributed by atoms with E-state index in [0.29, 0.717) is 11.8 Å². The maximum Gasteiger partial charge on any atom is 0.310 e. The number of fused-ring (bicyclic) bond motifs is 2. The van der Waals surface area contributed by atoms with Crippen LogP contribution in [0.4, 0.5) is 0 Å². The molecule has 0 unspecified atom stereocenters. The van der Waals surface area contributed by atoms with Gasteiger partial charge in [0, 0.05) is 38.6 Å². The van der Waals surface area contributed by atoms with E-state index in [4.69, 9.17) is 9.47 Å². The van der Waals surface area contributed by atoms with Gasteiger partial charge in [0.25, 0.3) is 0 Å². The summed E-state index contributed by atoms with van der Waals surface area (Å²) in [6.07, 6.45) is 5.89. The molecule has 0 bridgehead atoms. The molecule has 0 aromatic carbocycles. The van der Waals surface area contributed by atoms with Crippen molar-refractivity contribution in [2.24, 2.45) is 23.2 Å². The molecule has 0 aromatic heterocycles. The Bertz CT molecular complexity index is 545. The first-order valence-corrected chi connectivity index (χ1v) is 10.5. The molecule has 1 N–H and O–H groups in total. The van der Waals surface area contributed by atoms with E-state index < -0.39 is 0 Å². The van der Waals surface area contributed by atoms with Crippen LogP contribution in [0, 0.1) is 23.2 Å². The maximum atomic E-state index is 12.5. The molecule has 146 valence electrons. The van der Waals surface area contributed by atoms with E-state index >= 15 is 0 Å². The van der Waals surface area contributed by atoms with E-state index in [1.807, 2.05) is 0 Å². The summed E-state index contributed by atoms with van der Waals surface area (Å²) in [6, 6.07) is 0. The second-order valence-corrected chi connectivity index (χ2v) is 9.06. The van der Waals surface area contributed by atoms with E-state index in [2.05, 4.69) is 23.7 Å². The highest BCUT2D eigenvalue weighted by atomic mass is 16.6. The Morgan fingerprint density at radius 3 is 2.96 bits per heavy atom. The van der Waals surface area contributed by atoms with Gasteiger partial charge in [-0.1, -0.05) is 19.1 Å². The van der Waals surface area contributed by atoms with Crippen molar-refractivity contribution in [2.45, 2.75) is 45.1 Å². The molecule has 0 radical (unpaired) electrons. The second kappa shape index (κ2) is 7.61. The minimum Gasteiger partial charge on any atom is -0.462 e. The van der Waals surface area contributed by atoms with Gasteiger partial charge in [-0.25, -0.2) is 0 Å². The Morgan fingerprint density at radius 1 is 1.35 bits per heavy atom. The first kappa shape index (κ1) is 18.5. The molecule has 0 aromatic rings. The van der Waals surface area contributed by atoms with Crippen molar-refractivity contribution in [3.63, 3.8) is 0 Å². The Morgan fingerprint density at radius 2 is 2.15 bits per heavy atom. The van der Waals surface area contributed by atoms with Crippen LogP contribution >= 0.6 is 0 Å². The molecule has 2 saturated heterocycles. The number of nitrogens with zero attached hydrogens (tertiary/aromatic N) is 1. The molecule has 5 atom stereocenters. The minimum absolute atomic E-state index is 0.0176. The van der Waals surface area contributed by atoms with Crippen LogP contribution in [0.3, 0.4) is 0 Å². The van der Waals surface area contributed by atoms with Gasteiger partial charge in [-0.15, -0.1) is 0 Å². The summed E-state index contributed by atoms with van der Waals surface area (Å²) in [5.41, 5.74) is 1.70. The number of allylic oxidation sites excluding steroid dienone is 1. The van der Waals surface area contributed by atoms with Gasteiger partial charge in [0.2, 0.25) is 0 Å². The zero-order valence-electron chi connectivity index (χ0n) is 16.2. The number of esters is 1. The molecule has 4 aliphatic rings. The molecule has 5 nitrogen and oxygen atoms in total. The van der Waals surface area contributed by atoms with Crippen LogP contribution in [0.1, 0.15) is 39.0 Å². The van der Waals surface area contributed by atoms with E-state index in [9.17, 15) is 4.79 Å². The summed E-state index contributed by atoms with van der Waals surface area (Å²) in [4.78, 5) is 14.9. The number of carbonyl (C=O) groups excluding carboxylic acids is 1. The molecule has 4 fully saturated rings. The predicted octanol–water partition coefficient (Wildman–Crippen LogP) is 2.22. The highest BCUT2D eigenvalue weighted by molar-refractivity contribution is 5.75. The van der Waals surface area contributed by atoms with Crippen molar-refractivity contribution in [3.8, 4) is 0 Å². The number of hydrogen-bond donors (Lipinski definition) is 1. The molecule has 2 saturated carbocycles. The van der Waals surface area contributed by atoms with Gasteiger partial charge in [0.05, 0.1) is 19.1 Å². The van der Waals surface area contributed by atoms with Gasteiger partial charge in [0.1, 0.15) is 6.10 Å². The lowest BCUT2D eigenvalue weighted by molar-refractivity contribution is -0.146. The molecular formula is C21H34N2O3. The van der Waals surface area contributed by atoms with Crippen molar-refractivity contribution >= 4 is 5.97 Å². The standard InChI is InChI=1S/C21H34N2O3/c1-15-4-3-5-21(2)13-19-16(12-18(15)21)17(20(24)26-19)14-22-6-7-23-8-10-25-11-9-23/h16-19,22H,1,3-14H2,2H3/t16-,17-,18+,19+,21-/m0/s1. The first-order chi connectivity index (χ1) is 12.6.